The van der Waals surface area contributed by atoms with Gasteiger partial charge in [-0.15, -0.1) is 0 Å². The van der Waals surface area contributed by atoms with Crippen LogP contribution >= 0.6 is 0 Å². The highest BCUT2D eigenvalue weighted by Crippen LogP contribution is 2.34. The van der Waals surface area contributed by atoms with Gasteiger partial charge in [-0.3, -0.25) is 9.36 Å². The number of benzene rings is 2. The molecule has 11 heteroatoms. The van der Waals surface area contributed by atoms with E-state index in [1.165, 1.54) is 42.1 Å². The zero-order valence-corrected chi connectivity index (χ0v) is 22.8. The normalized spacial score (nSPS) is 16.2. The molecule has 1 N–H and O–H groups in total. The van der Waals surface area contributed by atoms with Gasteiger partial charge in [-0.25, -0.2) is 13.4 Å². The molecule has 0 radical (unpaired) electrons. The van der Waals surface area contributed by atoms with Gasteiger partial charge in [-0.05, 0) is 54.7 Å². The molecule has 3 heterocycles. The van der Waals surface area contributed by atoms with Gasteiger partial charge in [-0.1, -0.05) is 42.5 Å². The van der Waals surface area contributed by atoms with Gasteiger partial charge < -0.3 is 14.6 Å². The summed E-state index contributed by atoms with van der Waals surface area (Å²) in [7, 11) is -3.04. The summed E-state index contributed by atoms with van der Waals surface area (Å²) in [5, 5.41) is 10.9. The van der Waals surface area contributed by atoms with Crippen LogP contribution in [0.25, 0.3) is 11.1 Å². The molecule has 0 bridgehead atoms. The summed E-state index contributed by atoms with van der Waals surface area (Å²) in [5.41, 5.74) is 1.20. The van der Waals surface area contributed by atoms with Crippen LogP contribution < -0.4 is 5.56 Å². The Morgan fingerprint density at radius 3 is 2.52 bits per heavy atom. The van der Waals surface area contributed by atoms with Crippen molar-refractivity contribution >= 4 is 9.84 Å². The zero-order chi connectivity index (χ0) is 28.4. The van der Waals surface area contributed by atoms with Crippen LogP contribution in [0.4, 0.5) is 4.39 Å². The smallest absolute Gasteiger partial charge is 0.277 e. The predicted octanol–water partition coefficient (Wildman–Crippen LogP) is 4.38. The van der Waals surface area contributed by atoms with E-state index in [9.17, 15) is 22.7 Å². The SMILES string of the molecule is COC[C@@H](c1ccccc1)n1c(C2CCCO2)nc(O)c(S(=O)(=O)c2ccc(-c3ccnc(F)c3C)cc2)c1=O. The maximum absolute atomic E-state index is 14.1. The molecule has 4 aromatic rings. The summed E-state index contributed by atoms with van der Waals surface area (Å²) in [6.45, 7) is 2.08. The van der Waals surface area contributed by atoms with Crippen molar-refractivity contribution in [3.63, 3.8) is 0 Å². The first-order valence-electron chi connectivity index (χ1n) is 12.7. The minimum atomic E-state index is -4.52. The molecule has 0 amide bonds. The summed E-state index contributed by atoms with van der Waals surface area (Å²) >= 11 is 0. The molecule has 2 aromatic heterocycles. The second kappa shape index (κ2) is 11.3. The number of hydrogen-bond donors (Lipinski definition) is 1. The fourth-order valence-corrected chi connectivity index (χ4v) is 6.32. The molecule has 1 aliphatic heterocycles. The first-order valence-corrected chi connectivity index (χ1v) is 14.2. The molecule has 1 aliphatic rings. The molecule has 40 heavy (non-hydrogen) atoms. The molecule has 208 valence electrons. The highest BCUT2D eigenvalue weighted by Gasteiger charge is 2.35. The molecular formula is C29H28FN3O6S. The summed E-state index contributed by atoms with van der Waals surface area (Å²) in [4.78, 5) is 20.9. The van der Waals surface area contributed by atoms with Crippen LogP contribution in [0.3, 0.4) is 0 Å². The lowest BCUT2D eigenvalue weighted by Crippen LogP contribution is -2.36. The summed E-state index contributed by atoms with van der Waals surface area (Å²) < 4.78 is 54.0. The monoisotopic (exact) mass is 565 g/mol. The Bertz CT molecular complexity index is 1690. The summed E-state index contributed by atoms with van der Waals surface area (Å²) in [6.07, 6.45) is 2.02. The number of ether oxygens (including phenoxy) is 2. The Balaban J connectivity index is 1.66. The Labute approximate surface area is 230 Å². The molecule has 0 aliphatic carbocycles. The first-order chi connectivity index (χ1) is 19.2. The van der Waals surface area contributed by atoms with Crippen molar-refractivity contribution in [1.82, 2.24) is 14.5 Å². The first kappa shape index (κ1) is 27.6. The third-order valence-corrected chi connectivity index (χ3v) is 8.80. The third kappa shape index (κ3) is 5.03. The number of aromatic nitrogens is 3. The number of pyridine rings is 1. The van der Waals surface area contributed by atoms with E-state index in [1.807, 2.05) is 6.07 Å². The van der Waals surface area contributed by atoms with E-state index in [0.717, 1.165) is 6.42 Å². The number of aromatic hydroxyl groups is 1. The molecule has 0 spiro atoms. The number of hydrogen-bond acceptors (Lipinski definition) is 8. The molecule has 1 saturated heterocycles. The lowest BCUT2D eigenvalue weighted by Gasteiger charge is -2.25. The number of sulfone groups is 1. The van der Waals surface area contributed by atoms with Gasteiger partial charge >= 0.3 is 0 Å². The number of rotatable bonds is 8. The molecule has 2 atom stereocenters. The minimum absolute atomic E-state index is 0.0477. The highest BCUT2D eigenvalue weighted by molar-refractivity contribution is 7.91. The minimum Gasteiger partial charge on any atom is -0.492 e. The van der Waals surface area contributed by atoms with Crippen molar-refractivity contribution in [2.24, 2.45) is 0 Å². The quantitative estimate of drug-likeness (QED) is 0.313. The molecular weight excluding hydrogens is 537 g/mol. The average molecular weight is 566 g/mol. The maximum Gasteiger partial charge on any atom is 0.277 e. The van der Waals surface area contributed by atoms with Gasteiger partial charge in [0.2, 0.25) is 21.7 Å². The van der Waals surface area contributed by atoms with Crippen molar-refractivity contribution in [3.05, 3.63) is 100 Å². The van der Waals surface area contributed by atoms with Crippen LogP contribution in [-0.2, 0) is 19.3 Å². The fraction of sp³-hybridized carbons (Fsp3) is 0.276. The van der Waals surface area contributed by atoms with Crippen molar-refractivity contribution < 1.29 is 27.4 Å². The topological polar surface area (TPSA) is 121 Å². The van der Waals surface area contributed by atoms with Crippen LogP contribution in [0.5, 0.6) is 5.88 Å². The van der Waals surface area contributed by atoms with E-state index in [2.05, 4.69) is 9.97 Å². The van der Waals surface area contributed by atoms with Gasteiger partial charge in [0.1, 0.15) is 11.9 Å². The lowest BCUT2D eigenvalue weighted by molar-refractivity contribution is 0.0935. The third-order valence-electron chi connectivity index (χ3n) is 7.01. The van der Waals surface area contributed by atoms with Gasteiger partial charge in [0.15, 0.2) is 4.90 Å². The van der Waals surface area contributed by atoms with E-state index in [4.69, 9.17) is 9.47 Å². The summed E-state index contributed by atoms with van der Waals surface area (Å²) in [5.74, 6) is -1.39. The van der Waals surface area contributed by atoms with Gasteiger partial charge in [0.05, 0.1) is 17.5 Å². The molecule has 1 fully saturated rings. The van der Waals surface area contributed by atoms with Gasteiger partial charge in [0, 0.05) is 25.5 Å². The van der Waals surface area contributed by atoms with Crippen molar-refractivity contribution in [2.45, 2.75) is 41.7 Å². The van der Waals surface area contributed by atoms with Crippen LogP contribution in [-0.4, -0.2) is 48.4 Å². The van der Waals surface area contributed by atoms with Crippen molar-refractivity contribution in [2.75, 3.05) is 20.3 Å². The molecule has 9 nitrogen and oxygen atoms in total. The van der Waals surface area contributed by atoms with E-state index in [0.29, 0.717) is 35.3 Å². The summed E-state index contributed by atoms with van der Waals surface area (Å²) in [6, 6.07) is 15.6. The Morgan fingerprint density at radius 1 is 1.15 bits per heavy atom. The Kier molecular flexibility index (Phi) is 7.79. The highest BCUT2D eigenvalue weighted by atomic mass is 32.2. The number of halogens is 1. The second-order valence-electron chi connectivity index (χ2n) is 9.48. The molecule has 1 unspecified atom stereocenters. The maximum atomic E-state index is 14.1. The van der Waals surface area contributed by atoms with Crippen LogP contribution in [0.1, 0.15) is 41.9 Å². The number of nitrogens with zero attached hydrogens (tertiary/aromatic N) is 3. The predicted molar refractivity (Wildman–Crippen MR) is 144 cm³/mol. The zero-order valence-electron chi connectivity index (χ0n) is 22.0. The Hall–Kier alpha value is -3.93. The fourth-order valence-electron chi connectivity index (χ4n) is 4.97. The largest absolute Gasteiger partial charge is 0.492 e. The van der Waals surface area contributed by atoms with Crippen molar-refractivity contribution in [1.29, 1.82) is 0 Å². The van der Waals surface area contributed by atoms with E-state index < -0.39 is 44.3 Å². The van der Waals surface area contributed by atoms with E-state index >= 15 is 0 Å². The van der Waals surface area contributed by atoms with Gasteiger partial charge in [0.25, 0.3) is 5.56 Å². The van der Waals surface area contributed by atoms with Crippen molar-refractivity contribution in [3.8, 4) is 17.0 Å². The van der Waals surface area contributed by atoms with Gasteiger partial charge in [-0.2, -0.15) is 9.37 Å². The van der Waals surface area contributed by atoms with E-state index in [1.54, 1.807) is 37.3 Å². The van der Waals surface area contributed by atoms with Crippen LogP contribution in [0, 0.1) is 12.9 Å². The number of methoxy groups -OCH3 is 1. The average Bonchev–Trinajstić information content (AvgIpc) is 3.49. The van der Waals surface area contributed by atoms with Crippen LogP contribution in [0.15, 0.2) is 81.4 Å². The van der Waals surface area contributed by atoms with E-state index in [-0.39, 0.29) is 17.3 Å². The second-order valence-corrected chi connectivity index (χ2v) is 11.4. The molecule has 0 saturated carbocycles. The molecule has 2 aromatic carbocycles. The standard InChI is InChI=1S/C29H28FN3O6S/c1-18-22(14-15-31-26(18)30)19-10-12-21(13-11-19)40(36,37)25-28(34)32-27(24-9-6-16-39-24)33(29(25)35)23(17-38-2)20-7-4-3-5-8-20/h3-5,7-8,10-15,23-24,34H,6,9,16-17H2,1-2H3/t23-,24?/m0/s1. The molecule has 5 rings (SSSR count). The Morgan fingerprint density at radius 2 is 1.88 bits per heavy atom. The van der Waals surface area contributed by atoms with Crippen LogP contribution in [0.2, 0.25) is 0 Å². The lowest BCUT2D eigenvalue weighted by atomic mass is 10.0.